The molecule has 2 heterocycles. The van der Waals surface area contributed by atoms with Gasteiger partial charge in [0, 0.05) is 37.9 Å². The zero-order valence-electron chi connectivity index (χ0n) is 14.2. The number of aromatic nitrogens is 2. The molecule has 0 unspecified atom stereocenters. The van der Waals surface area contributed by atoms with Crippen molar-refractivity contribution in [2.24, 2.45) is 0 Å². The Kier molecular flexibility index (Phi) is 5.52. The molecule has 26 heavy (non-hydrogen) atoms. The van der Waals surface area contributed by atoms with E-state index < -0.39 is 0 Å². The Bertz CT molecular complexity index is 809. The molecule has 9 heteroatoms. The van der Waals surface area contributed by atoms with Crippen molar-refractivity contribution in [3.8, 4) is 5.75 Å². The van der Waals surface area contributed by atoms with Crippen LogP contribution in [0.25, 0.3) is 0 Å². The summed E-state index contributed by atoms with van der Waals surface area (Å²) in [6.45, 7) is 2.56. The number of rotatable bonds is 5. The fourth-order valence-electron chi connectivity index (χ4n) is 2.64. The van der Waals surface area contributed by atoms with Crippen LogP contribution in [0.1, 0.15) is 10.5 Å². The first kappa shape index (κ1) is 17.9. The predicted molar refractivity (Wildman–Crippen MR) is 97.8 cm³/mol. The molecule has 0 bridgehead atoms. The van der Waals surface area contributed by atoms with Gasteiger partial charge < -0.3 is 19.9 Å². The predicted octanol–water partition coefficient (Wildman–Crippen LogP) is 1.67. The lowest BCUT2D eigenvalue weighted by Crippen LogP contribution is -2.46. The van der Waals surface area contributed by atoms with E-state index in [1.165, 1.54) is 13.4 Å². The number of ether oxygens (including phenoxy) is 1. The van der Waals surface area contributed by atoms with E-state index in [9.17, 15) is 9.59 Å². The van der Waals surface area contributed by atoms with Gasteiger partial charge in [-0.3, -0.25) is 9.59 Å². The molecule has 1 aliphatic rings. The van der Waals surface area contributed by atoms with E-state index in [2.05, 4.69) is 15.3 Å². The van der Waals surface area contributed by atoms with E-state index in [1.807, 2.05) is 4.90 Å². The number of carbonyl (C=O) groups excluding carboxylic acids is 2. The van der Waals surface area contributed by atoms with Crippen LogP contribution in [0.2, 0.25) is 5.02 Å². The monoisotopic (exact) mass is 375 g/mol. The number of halogens is 1. The summed E-state index contributed by atoms with van der Waals surface area (Å²) in [6.07, 6.45) is 2.20. The molecule has 0 radical (unpaired) electrons. The zero-order valence-corrected chi connectivity index (χ0v) is 14.9. The molecule has 8 nitrogen and oxygen atoms in total. The molecule has 2 amide bonds. The average Bonchev–Trinajstić information content (AvgIpc) is 2.68. The van der Waals surface area contributed by atoms with Gasteiger partial charge >= 0.3 is 0 Å². The quantitative estimate of drug-likeness (QED) is 0.800. The number of amides is 2. The molecule has 1 aliphatic heterocycles. The summed E-state index contributed by atoms with van der Waals surface area (Å²) in [6, 6.07) is 6.62. The van der Waals surface area contributed by atoms with E-state index in [1.54, 1.807) is 29.2 Å². The Balaban J connectivity index is 1.70. The fourth-order valence-corrected chi connectivity index (χ4v) is 2.90. The number of anilines is 2. The van der Waals surface area contributed by atoms with E-state index in [0.717, 1.165) is 6.41 Å². The molecule has 136 valence electrons. The van der Waals surface area contributed by atoms with Crippen molar-refractivity contribution in [1.82, 2.24) is 14.9 Å². The van der Waals surface area contributed by atoms with Crippen LogP contribution >= 0.6 is 11.6 Å². The summed E-state index contributed by atoms with van der Waals surface area (Å²) in [5, 5.41) is 3.16. The van der Waals surface area contributed by atoms with E-state index >= 15 is 0 Å². The first-order chi connectivity index (χ1) is 12.6. The normalized spacial score (nSPS) is 14.1. The summed E-state index contributed by atoms with van der Waals surface area (Å²) in [5.41, 5.74) is 0.792. The van der Waals surface area contributed by atoms with Gasteiger partial charge in [-0.05, 0) is 18.2 Å². The van der Waals surface area contributed by atoms with E-state index in [4.69, 9.17) is 16.3 Å². The minimum Gasteiger partial charge on any atom is -0.495 e. The third-order valence-corrected chi connectivity index (χ3v) is 4.38. The second-order valence-corrected chi connectivity index (χ2v) is 6.10. The lowest BCUT2D eigenvalue weighted by atomic mass is 10.2. The molecule has 1 saturated heterocycles. The molecule has 1 N–H and O–H groups in total. The highest BCUT2D eigenvalue weighted by Crippen LogP contribution is 2.27. The maximum Gasteiger partial charge on any atom is 0.274 e. The molecule has 3 rings (SSSR count). The summed E-state index contributed by atoms with van der Waals surface area (Å²) in [4.78, 5) is 35.3. The molecule has 0 saturated carbocycles. The SMILES string of the molecule is COc1ccc(NC(=O)c2cc(N3CCN(C=O)CC3)ncn2)cc1Cl. The van der Waals surface area contributed by atoms with Crippen LogP contribution in [0.3, 0.4) is 0 Å². The van der Waals surface area contributed by atoms with Gasteiger partial charge in [0.15, 0.2) is 0 Å². The first-order valence-electron chi connectivity index (χ1n) is 8.02. The Hall–Kier alpha value is -2.87. The molecule has 0 aliphatic carbocycles. The van der Waals surface area contributed by atoms with Crippen LogP contribution in [0.5, 0.6) is 5.75 Å². The summed E-state index contributed by atoms with van der Waals surface area (Å²) < 4.78 is 5.09. The van der Waals surface area contributed by atoms with Crippen molar-refractivity contribution < 1.29 is 14.3 Å². The van der Waals surface area contributed by atoms with Gasteiger partial charge in [-0.2, -0.15) is 0 Å². The van der Waals surface area contributed by atoms with Crippen molar-refractivity contribution in [1.29, 1.82) is 0 Å². The van der Waals surface area contributed by atoms with E-state index in [0.29, 0.717) is 48.5 Å². The third kappa shape index (κ3) is 4.02. The van der Waals surface area contributed by atoms with Crippen LogP contribution in [-0.2, 0) is 4.79 Å². The number of piperazine rings is 1. The second kappa shape index (κ2) is 8.01. The molecule has 1 aromatic carbocycles. The Morgan fingerprint density at radius 1 is 1.23 bits per heavy atom. The molecular weight excluding hydrogens is 358 g/mol. The van der Waals surface area contributed by atoms with Crippen LogP contribution in [-0.4, -0.2) is 60.5 Å². The van der Waals surface area contributed by atoms with Gasteiger partial charge in [0.25, 0.3) is 5.91 Å². The second-order valence-electron chi connectivity index (χ2n) is 5.69. The standard InChI is InChI=1S/C17H18ClN5O3/c1-26-15-3-2-12(8-13(15)18)21-17(25)14-9-16(20-10-19-14)23-6-4-22(11-24)5-7-23/h2-3,8-11H,4-7H2,1H3,(H,21,25). The fraction of sp³-hybridized carbons (Fsp3) is 0.294. The first-order valence-corrected chi connectivity index (χ1v) is 8.39. The van der Waals surface area contributed by atoms with Crippen LogP contribution in [0, 0.1) is 0 Å². The molecule has 0 spiro atoms. The van der Waals surface area contributed by atoms with Gasteiger partial charge in [-0.25, -0.2) is 9.97 Å². The van der Waals surface area contributed by atoms with Crippen LogP contribution < -0.4 is 15.0 Å². The number of methoxy groups -OCH3 is 1. The van der Waals surface area contributed by atoms with Gasteiger partial charge in [0.2, 0.25) is 6.41 Å². The molecule has 2 aromatic rings. The van der Waals surface area contributed by atoms with Crippen LogP contribution in [0.4, 0.5) is 11.5 Å². The maximum atomic E-state index is 12.5. The van der Waals surface area contributed by atoms with Crippen molar-refractivity contribution >= 4 is 35.4 Å². The molecule has 1 fully saturated rings. The van der Waals surface area contributed by atoms with Crippen molar-refractivity contribution in [2.75, 3.05) is 43.5 Å². The Morgan fingerprint density at radius 3 is 2.65 bits per heavy atom. The number of benzene rings is 1. The highest BCUT2D eigenvalue weighted by Gasteiger charge is 2.18. The number of nitrogens with one attached hydrogen (secondary N) is 1. The van der Waals surface area contributed by atoms with Gasteiger partial charge in [0.1, 0.15) is 23.6 Å². The van der Waals surface area contributed by atoms with Crippen molar-refractivity contribution in [3.63, 3.8) is 0 Å². The average molecular weight is 376 g/mol. The smallest absolute Gasteiger partial charge is 0.274 e. The number of nitrogens with zero attached hydrogens (tertiary/aromatic N) is 4. The van der Waals surface area contributed by atoms with Crippen molar-refractivity contribution in [3.05, 3.63) is 41.3 Å². The molecule has 1 aromatic heterocycles. The minimum absolute atomic E-state index is 0.250. The lowest BCUT2D eigenvalue weighted by Gasteiger charge is -2.33. The lowest BCUT2D eigenvalue weighted by molar-refractivity contribution is -0.118. The number of hydrogen-bond acceptors (Lipinski definition) is 6. The summed E-state index contributed by atoms with van der Waals surface area (Å²) in [7, 11) is 1.52. The van der Waals surface area contributed by atoms with Gasteiger partial charge in [0.05, 0.1) is 12.1 Å². The Morgan fingerprint density at radius 2 is 2.00 bits per heavy atom. The topological polar surface area (TPSA) is 87.7 Å². The van der Waals surface area contributed by atoms with Crippen LogP contribution in [0.15, 0.2) is 30.6 Å². The number of carbonyl (C=O) groups is 2. The number of hydrogen-bond donors (Lipinski definition) is 1. The maximum absolute atomic E-state index is 12.5. The minimum atomic E-state index is -0.360. The highest BCUT2D eigenvalue weighted by molar-refractivity contribution is 6.32. The summed E-state index contributed by atoms with van der Waals surface area (Å²) >= 11 is 6.07. The van der Waals surface area contributed by atoms with Gasteiger partial charge in [-0.1, -0.05) is 11.6 Å². The highest BCUT2D eigenvalue weighted by atomic mass is 35.5. The van der Waals surface area contributed by atoms with E-state index in [-0.39, 0.29) is 11.6 Å². The van der Waals surface area contributed by atoms with Gasteiger partial charge in [-0.15, -0.1) is 0 Å². The molecular formula is C17H18ClN5O3. The van der Waals surface area contributed by atoms with Crippen molar-refractivity contribution in [2.45, 2.75) is 0 Å². The third-order valence-electron chi connectivity index (χ3n) is 4.08. The largest absolute Gasteiger partial charge is 0.495 e. The zero-order chi connectivity index (χ0) is 18.5. The Labute approximate surface area is 155 Å². The molecule has 0 atom stereocenters. The summed E-state index contributed by atoms with van der Waals surface area (Å²) in [5.74, 6) is 0.827.